The highest BCUT2D eigenvalue weighted by Gasteiger charge is 2.26. The number of amides is 1. The van der Waals surface area contributed by atoms with Crippen molar-refractivity contribution in [3.8, 4) is 0 Å². The molecule has 0 bridgehead atoms. The molecule has 1 fully saturated rings. The molecule has 1 amide bonds. The monoisotopic (exact) mass is 482 g/mol. The molecule has 1 aliphatic heterocycles. The lowest BCUT2D eigenvalue weighted by atomic mass is 10.1. The van der Waals surface area contributed by atoms with Gasteiger partial charge in [-0.05, 0) is 30.2 Å². The van der Waals surface area contributed by atoms with Gasteiger partial charge in [0.25, 0.3) is 5.91 Å². The molecule has 34 heavy (non-hydrogen) atoms. The Morgan fingerprint density at radius 2 is 1.85 bits per heavy atom. The summed E-state index contributed by atoms with van der Waals surface area (Å²) in [5.41, 5.74) is 1.41. The van der Waals surface area contributed by atoms with Crippen molar-refractivity contribution in [2.75, 3.05) is 26.2 Å². The molecule has 1 atom stereocenters. The summed E-state index contributed by atoms with van der Waals surface area (Å²) < 4.78 is 27.4. The van der Waals surface area contributed by atoms with Crippen LogP contribution in [0.2, 0.25) is 0 Å². The largest absolute Gasteiger partial charge is 0.348 e. The number of sulfonamides is 1. The number of likely N-dealkylation sites (tertiary alicyclic amines) is 1. The number of carbonyl (C=O) groups is 1. The predicted octanol–water partition coefficient (Wildman–Crippen LogP) is 2.56. The zero-order chi connectivity index (χ0) is 24.3. The minimum atomic E-state index is -3.70. The van der Waals surface area contributed by atoms with Crippen molar-refractivity contribution < 1.29 is 13.2 Å². The molecule has 9 heteroatoms. The standard InChI is InChI=1S/C25H30N4O4S/c1-3-29(4-2)34(32,33)20-10-11-23-21(14-20)22(15-24(30)27-23)25(31)26-19-12-13-28(17-19)16-18-8-6-5-7-9-18/h5-11,14-15,19H,3-4,12-13,16-17H2,1-2H3,(H,26,31)(H,27,30)/t19-/m0/s1. The summed E-state index contributed by atoms with van der Waals surface area (Å²) in [7, 11) is -3.70. The second-order valence-corrected chi connectivity index (χ2v) is 10.5. The molecule has 1 saturated heterocycles. The lowest BCUT2D eigenvalue weighted by Crippen LogP contribution is -2.37. The fourth-order valence-electron chi connectivity index (χ4n) is 4.49. The Labute approximate surface area is 199 Å². The Balaban J connectivity index is 1.57. The average Bonchev–Trinajstić information content (AvgIpc) is 3.25. The SMILES string of the molecule is CCN(CC)S(=O)(=O)c1ccc2[nH]c(=O)cc(C(=O)N[C@H]3CCN(Cc4ccccc4)C3)c2c1. The maximum Gasteiger partial charge on any atom is 0.252 e. The number of H-pyrrole nitrogens is 1. The number of rotatable bonds is 8. The zero-order valence-corrected chi connectivity index (χ0v) is 20.3. The van der Waals surface area contributed by atoms with Crippen molar-refractivity contribution in [3.05, 3.63) is 76.1 Å². The molecule has 1 aliphatic rings. The van der Waals surface area contributed by atoms with Gasteiger partial charge in [0.15, 0.2) is 0 Å². The number of nitrogens with zero attached hydrogens (tertiary/aromatic N) is 2. The summed E-state index contributed by atoms with van der Waals surface area (Å²) in [5, 5.41) is 3.45. The van der Waals surface area contributed by atoms with Gasteiger partial charge in [-0.3, -0.25) is 14.5 Å². The molecule has 0 unspecified atom stereocenters. The normalized spacial score (nSPS) is 16.9. The average molecular weight is 483 g/mol. The van der Waals surface area contributed by atoms with Crippen LogP contribution in [0.1, 0.15) is 36.2 Å². The molecule has 0 saturated carbocycles. The topological polar surface area (TPSA) is 103 Å². The van der Waals surface area contributed by atoms with E-state index < -0.39 is 15.6 Å². The number of hydrogen-bond acceptors (Lipinski definition) is 5. The van der Waals surface area contributed by atoms with Gasteiger partial charge in [0.1, 0.15) is 0 Å². The van der Waals surface area contributed by atoms with E-state index >= 15 is 0 Å². The lowest BCUT2D eigenvalue weighted by molar-refractivity contribution is 0.0939. The molecule has 0 radical (unpaired) electrons. The Bertz CT molecular complexity index is 1330. The number of pyridine rings is 1. The third-order valence-electron chi connectivity index (χ3n) is 6.26. The molecule has 0 spiro atoms. The van der Waals surface area contributed by atoms with Crippen molar-refractivity contribution in [3.63, 3.8) is 0 Å². The summed E-state index contributed by atoms with van der Waals surface area (Å²) in [6.45, 7) is 6.63. The summed E-state index contributed by atoms with van der Waals surface area (Å²) in [6, 6.07) is 15.8. The van der Waals surface area contributed by atoms with E-state index in [0.29, 0.717) is 30.5 Å². The van der Waals surface area contributed by atoms with Crippen molar-refractivity contribution in [2.45, 2.75) is 37.8 Å². The molecular weight excluding hydrogens is 452 g/mol. The number of aromatic nitrogens is 1. The quantitative estimate of drug-likeness (QED) is 0.514. The van der Waals surface area contributed by atoms with E-state index in [-0.39, 0.29) is 22.4 Å². The maximum absolute atomic E-state index is 13.2. The van der Waals surface area contributed by atoms with Crippen LogP contribution in [0, 0.1) is 0 Å². The smallest absolute Gasteiger partial charge is 0.252 e. The van der Waals surface area contributed by atoms with E-state index in [1.165, 1.54) is 28.1 Å². The molecule has 180 valence electrons. The first-order valence-corrected chi connectivity index (χ1v) is 13.0. The van der Waals surface area contributed by atoms with Gasteiger partial charge in [-0.1, -0.05) is 44.2 Å². The van der Waals surface area contributed by atoms with Gasteiger partial charge < -0.3 is 10.3 Å². The fourth-order valence-corrected chi connectivity index (χ4v) is 5.98. The van der Waals surface area contributed by atoms with Gasteiger partial charge in [0, 0.05) is 55.7 Å². The van der Waals surface area contributed by atoms with E-state index in [4.69, 9.17) is 0 Å². The van der Waals surface area contributed by atoms with Crippen LogP contribution < -0.4 is 10.9 Å². The van der Waals surface area contributed by atoms with Crippen LogP contribution in [0.25, 0.3) is 10.9 Å². The van der Waals surface area contributed by atoms with E-state index in [0.717, 1.165) is 19.5 Å². The first kappa shape index (κ1) is 24.1. The molecule has 3 aromatic rings. The van der Waals surface area contributed by atoms with Crippen molar-refractivity contribution in [1.29, 1.82) is 0 Å². The molecule has 1 aromatic heterocycles. The summed E-state index contributed by atoms with van der Waals surface area (Å²) in [5.74, 6) is -0.375. The number of nitrogens with one attached hydrogen (secondary N) is 2. The van der Waals surface area contributed by atoms with Gasteiger partial charge in [-0.25, -0.2) is 8.42 Å². The summed E-state index contributed by atoms with van der Waals surface area (Å²) >= 11 is 0. The van der Waals surface area contributed by atoms with Crippen LogP contribution in [0.3, 0.4) is 0 Å². The Kier molecular flexibility index (Phi) is 7.16. The van der Waals surface area contributed by atoms with Crippen LogP contribution in [0.4, 0.5) is 0 Å². The van der Waals surface area contributed by atoms with Crippen LogP contribution in [0.15, 0.2) is 64.3 Å². The minimum absolute atomic E-state index is 0.0480. The number of aromatic amines is 1. The Hall–Kier alpha value is -3.01. The molecule has 4 rings (SSSR count). The second-order valence-electron chi connectivity index (χ2n) is 8.52. The summed E-state index contributed by atoms with van der Waals surface area (Å²) in [6.07, 6.45) is 0.807. The lowest BCUT2D eigenvalue weighted by Gasteiger charge is -2.19. The van der Waals surface area contributed by atoms with E-state index in [2.05, 4.69) is 27.3 Å². The van der Waals surface area contributed by atoms with E-state index in [9.17, 15) is 18.0 Å². The van der Waals surface area contributed by atoms with Crippen molar-refractivity contribution in [2.24, 2.45) is 0 Å². The van der Waals surface area contributed by atoms with Gasteiger partial charge in [0.05, 0.1) is 10.5 Å². The van der Waals surface area contributed by atoms with Gasteiger partial charge in [-0.2, -0.15) is 4.31 Å². The van der Waals surface area contributed by atoms with Crippen LogP contribution in [-0.2, 0) is 16.6 Å². The van der Waals surface area contributed by atoms with Crippen LogP contribution in [-0.4, -0.2) is 60.7 Å². The first-order chi connectivity index (χ1) is 16.3. The second kappa shape index (κ2) is 10.1. The summed E-state index contributed by atoms with van der Waals surface area (Å²) in [4.78, 5) is 30.5. The first-order valence-electron chi connectivity index (χ1n) is 11.6. The third kappa shape index (κ3) is 5.06. The Morgan fingerprint density at radius 3 is 2.56 bits per heavy atom. The molecule has 2 heterocycles. The minimum Gasteiger partial charge on any atom is -0.348 e. The highest BCUT2D eigenvalue weighted by atomic mass is 32.2. The Morgan fingerprint density at radius 1 is 1.12 bits per heavy atom. The highest BCUT2D eigenvalue weighted by Crippen LogP contribution is 2.23. The number of hydrogen-bond donors (Lipinski definition) is 2. The van der Waals surface area contributed by atoms with Crippen molar-refractivity contribution in [1.82, 2.24) is 19.5 Å². The number of benzene rings is 2. The number of carbonyl (C=O) groups excluding carboxylic acids is 1. The zero-order valence-electron chi connectivity index (χ0n) is 19.5. The van der Waals surface area contributed by atoms with Crippen LogP contribution >= 0.6 is 0 Å². The van der Waals surface area contributed by atoms with E-state index in [1.807, 2.05) is 18.2 Å². The van der Waals surface area contributed by atoms with Crippen LogP contribution in [0.5, 0.6) is 0 Å². The van der Waals surface area contributed by atoms with Gasteiger partial charge >= 0.3 is 0 Å². The molecule has 8 nitrogen and oxygen atoms in total. The number of fused-ring (bicyclic) bond motifs is 1. The third-order valence-corrected chi connectivity index (χ3v) is 8.30. The highest BCUT2D eigenvalue weighted by molar-refractivity contribution is 7.89. The van der Waals surface area contributed by atoms with E-state index in [1.54, 1.807) is 19.9 Å². The molecule has 0 aliphatic carbocycles. The van der Waals surface area contributed by atoms with Gasteiger partial charge in [0.2, 0.25) is 15.6 Å². The molecular formula is C25H30N4O4S. The fraction of sp³-hybridized carbons (Fsp3) is 0.360. The van der Waals surface area contributed by atoms with Gasteiger partial charge in [-0.15, -0.1) is 0 Å². The molecule has 2 aromatic carbocycles. The maximum atomic E-state index is 13.2. The predicted molar refractivity (Wildman–Crippen MR) is 132 cm³/mol. The van der Waals surface area contributed by atoms with Crippen molar-refractivity contribution >= 4 is 26.8 Å². The molecule has 2 N–H and O–H groups in total.